The molecule has 15 heavy (non-hydrogen) atoms. The highest BCUT2D eigenvalue weighted by atomic mass is 32.2. The van der Waals surface area contributed by atoms with Crippen LogP contribution in [0.25, 0.3) is 0 Å². The van der Waals surface area contributed by atoms with Crippen LogP contribution in [0.15, 0.2) is 9.85 Å². The summed E-state index contributed by atoms with van der Waals surface area (Å²) in [4.78, 5) is 10.9. The number of carbonyl (C=O) groups excluding carboxylic acids is 1. The van der Waals surface area contributed by atoms with Crippen LogP contribution in [-0.2, 0) is 4.79 Å². The summed E-state index contributed by atoms with van der Waals surface area (Å²) in [5.74, 6) is -0.766. The molecule has 0 aliphatic heterocycles. The minimum atomic E-state index is -4.37. The molecule has 0 aliphatic rings. The van der Waals surface area contributed by atoms with Gasteiger partial charge in [0.1, 0.15) is 12.1 Å². The van der Waals surface area contributed by atoms with Crippen LogP contribution >= 0.6 is 23.1 Å². The standard InChI is InChI=1S/C6H6F3N3OS2/c7-6(8,9)2-10-4(13)1-14-5-12-11-3-15-5/h3H,1-2H2,(H,10,13). The number of amides is 1. The molecule has 0 spiro atoms. The second kappa shape index (κ2) is 5.31. The fourth-order valence-corrected chi connectivity index (χ4v) is 1.92. The van der Waals surface area contributed by atoms with E-state index in [1.807, 2.05) is 0 Å². The minimum Gasteiger partial charge on any atom is -0.346 e. The molecule has 84 valence electrons. The van der Waals surface area contributed by atoms with Gasteiger partial charge in [0, 0.05) is 0 Å². The molecule has 0 aliphatic carbocycles. The Morgan fingerprint density at radius 3 is 2.87 bits per heavy atom. The predicted molar refractivity (Wildman–Crippen MR) is 49.7 cm³/mol. The van der Waals surface area contributed by atoms with Crippen molar-refractivity contribution in [3.63, 3.8) is 0 Å². The smallest absolute Gasteiger partial charge is 0.346 e. The van der Waals surface area contributed by atoms with Crippen molar-refractivity contribution in [2.24, 2.45) is 0 Å². The van der Waals surface area contributed by atoms with Gasteiger partial charge < -0.3 is 5.32 Å². The molecule has 9 heteroatoms. The van der Waals surface area contributed by atoms with Crippen LogP contribution in [0.3, 0.4) is 0 Å². The van der Waals surface area contributed by atoms with Gasteiger partial charge in [0.05, 0.1) is 5.75 Å². The normalized spacial score (nSPS) is 11.4. The van der Waals surface area contributed by atoms with Crippen LogP contribution < -0.4 is 5.32 Å². The summed E-state index contributed by atoms with van der Waals surface area (Å²) in [6, 6.07) is 0. The lowest BCUT2D eigenvalue weighted by Gasteiger charge is -2.07. The van der Waals surface area contributed by atoms with Crippen LogP contribution in [0.1, 0.15) is 0 Å². The van der Waals surface area contributed by atoms with Crippen molar-refractivity contribution in [2.75, 3.05) is 12.3 Å². The van der Waals surface area contributed by atoms with E-state index in [0.717, 1.165) is 11.8 Å². The second-order valence-corrected chi connectivity index (χ2v) is 4.44. The Morgan fingerprint density at radius 2 is 2.33 bits per heavy atom. The Labute approximate surface area is 91.3 Å². The van der Waals surface area contributed by atoms with E-state index in [1.54, 1.807) is 5.32 Å². The molecule has 1 aromatic heterocycles. The number of alkyl halides is 3. The molecule has 0 fully saturated rings. The van der Waals surface area contributed by atoms with Crippen LogP contribution in [0.5, 0.6) is 0 Å². The van der Waals surface area contributed by atoms with Crippen molar-refractivity contribution in [2.45, 2.75) is 10.5 Å². The van der Waals surface area contributed by atoms with Crippen molar-refractivity contribution in [1.29, 1.82) is 0 Å². The predicted octanol–water partition coefficient (Wildman–Crippen LogP) is 1.31. The number of carbonyl (C=O) groups is 1. The number of rotatable bonds is 4. The Balaban J connectivity index is 2.20. The van der Waals surface area contributed by atoms with Gasteiger partial charge in [-0.1, -0.05) is 23.1 Å². The molecular weight excluding hydrogens is 251 g/mol. The number of thioether (sulfide) groups is 1. The van der Waals surface area contributed by atoms with E-state index in [0.29, 0.717) is 4.34 Å². The van der Waals surface area contributed by atoms with E-state index in [9.17, 15) is 18.0 Å². The third-order valence-corrected chi connectivity index (χ3v) is 3.01. The molecule has 0 saturated heterocycles. The summed E-state index contributed by atoms with van der Waals surface area (Å²) in [6.07, 6.45) is -4.37. The number of halogens is 3. The Kier molecular flexibility index (Phi) is 4.33. The van der Waals surface area contributed by atoms with Gasteiger partial charge >= 0.3 is 6.18 Å². The molecule has 0 saturated carbocycles. The lowest BCUT2D eigenvalue weighted by Crippen LogP contribution is -2.34. The zero-order valence-electron chi connectivity index (χ0n) is 7.24. The number of hydrogen-bond acceptors (Lipinski definition) is 5. The van der Waals surface area contributed by atoms with Crippen molar-refractivity contribution in [3.05, 3.63) is 5.51 Å². The maximum Gasteiger partial charge on any atom is 0.405 e. The van der Waals surface area contributed by atoms with Gasteiger partial charge in [0.25, 0.3) is 0 Å². The molecule has 1 aromatic rings. The van der Waals surface area contributed by atoms with Crippen LogP contribution in [-0.4, -0.2) is 34.6 Å². The molecule has 1 heterocycles. The Bertz CT molecular complexity index is 314. The van der Waals surface area contributed by atoms with Crippen molar-refractivity contribution in [3.8, 4) is 0 Å². The molecule has 0 unspecified atom stereocenters. The summed E-state index contributed by atoms with van der Waals surface area (Å²) in [6.45, 7) is -1.30. The lowest BCUT2D eigenvalue weighted by molar-refractivity contribution is -0.136. The Morgan fingerprint density at radius 1 is 1.60 bits per heavy atom. The molecule has 1 rings (SSSR count). The van der Waals surface area contributed by atoms with E-state index in [2.05, 4.69) is 10.2 Å². The molecule has 0 aromatic carbocycles. The fourth-order valence-electron chi connectivity index (χ4n) is 0.603. The van der Waals surface area contributed by atoms with Crippen LogP contribution in [0.2, 0.25) is 0 Å². The van der Waals surface area contributed by atoms with Gasteiger partial charge in [-0.05, 0) is 0 Å². The third-order valence-electron chi connectivity index (χ3n) is 1.15. The van der Waals surface area contributed by atoms with Gasteiger partial charge in [-0.25, -0.2) is 0 Å². The van der Waals surface area contributed by atoms with Crippen molar-refractivity contribution in [1.82, 2.24) is 15.5 Å². The maximum absolute atomic E-state index is 11.7. The molecule has 0 radical (unpaired) electrons. The van der Waals surface area contributed by atoms with E-state index in [1.165, 1.54) is 16.8 Å². The van der Waals surface area contributed by atoms with Crippen LogP contribution in [0.4, 0.5) is 13.2 Å². The largest absolute Gasteiger partial charge is 0.405 e. The molecule has 1 amide bonds. The molecule has 1 N–H and O–H groups in total. The summed E-state index contributed by atoms with van der Waals surface area (Å²) < 4.78 is 35.6. The average Bonchev–Trinajstić information content (AvgIpc) is 2.62. The first-order valence-electron chi connectivity index (χ1n) is 3.70. The van der Waals surface area contributed by atoms with Gasteiger partial charge in [-0.15, -0.1) is 10.2 Å². The first-order chi connectivity index (χ1) is 6.97. The van der Waals surface area contributed by atoms with E-state index in [4.69, 9.17) is 0 Å². The highest BCUT2D eigenvalue weighted by Gasteiger charge is 2.27. The first kappa shape index (κ1) is 12.2. The van der Waals surface area contributed by atoms with E-state index in [-0.39, 0.29) is 5.75 Å². The fraction of sp³-hybridized carbons (Fsp3) is 0.500. The highest BCUT2D eigenvalue weighted by molar-refractivity contribution is 8.01. The molecule has 0 atom stereocenters. The molecule has 4 nitrogen and oxygen atoms in total. The van der Waals surface area contributed by atoms with Crippen LogP contribution in [0, 0.1) is 0 Å². The van der Waals surface area contributed by atoms with Gasteiger partial charge in [0.15, 0.2) is 4.34 Å². The zero-order chi connectivity index (χ0) is 11.3. The van der Waals surface area contributed by atoms with E-state index < -0.39 is 18.6 Å². The maximum atomic E-state index is 11.7. The zero-order valence-corrected chi connectivity index (χ0v) is 8.88. The monoisotopic (exact) mass is 257 g/mol. The van der Waals surface area contributed by atoms with Crippen molar-refractivity contribution >= 4 is 29.0 Å². The topological polar surface area (TPSA) is 54.9 Å². The highest BCUT2D eigenvalue weighted by Crippen LogP contribution is 2.18. The number of nitrogens with one attached hydrogen (secondary N) is 1. The second-order valence-electron chi connectivity index (χ2n) is 2.39. The first-order valence-corrected chi connectivity index (χ1v) is 5.56. The number of nitrogens with zero attached hydrogens (tertiary/aromatic N) is 2. The third kappa shape index (κ3) is 5.57. The number of hydrogen-bond donors (Lipinski definition) is 1. The quantitative estimate of drug-likeness (QED) is 0.826. The lowest BCUT2D eigenvalue weighted by atomic mass is 10.6. The summed E-state index contributed by atoms with van der Waals surface area (Å²) in [5, 5.41) is 8.90. The van der Waals surface area contributed by atoms with Crippen molar-refractivity contribution < 1.29 is 18.0 Å². The molecular formula is C6H6F3N3OS2. The van der Waals surface area contributed by atoms with E-state index >= 15 is 0 Å². The van der Waals surface area contributed by atoms with Gasteiger partial charge in [-0.3, -0.25) is 4.79 Å². The summed E-state index contributed by atoms with van der Waals surface area (Å²) in [5.41, 5.74) is 1.48. The van der Waals surface area contributed by atoms with Gasteiger partial charge in [0.2, 0.25) is 5.91 Å². The SMILES string of the molecule is O=C(CSc1nncs1)NCC(F)(F)F. The number of aromatic nitrogens is 2. The average molecular weight is 257 g/mol. The Hall–Kier alpha value is -0.830. The molecule has 0 bridgehead atoms. The summed E-state index contributed by atoms with van der Waals surface area (Å²) in [7, 11) is 0. The minimum absolute atomic E-state index is 0.0920. The van der Waals surface area contributed by atoms with Gasteiger partial charge in [-0.2, -0.15) is 13.2 Å². The summed E-state index contributed by atoms with van der Waals surface area (Å²) >= 11 is 2.28.